The minimum atomic E-state index is -0.330. The van der Waals surface area contributed by atoms with Crippen LogP contribution >= 0.6 is 11.5 Å². The lowest BCUT2D eigenvalue weighted by Crippen LogP contribution is -1.97. The lowest BCUT2D eigenvalue weighted by molar-refractivity contribution is 0.0601. The molecule has 9 heavy (non-hydrogen) atoms. The quantitative estimate of drug-likeness (QED) is 0.549. The Bertz CT molecular complexity index is 195. The van der Waals surface area contributed by atoms with Gasteiger partial charge in [0, 0.05) is 5.38 Å². The first kappa shape index (κ1) is 6.22. The Morgan fingerprint density at radius 1 is 1.89 bits per heavy atom. The molecule has 1 aromatic heterocycles. The normalized spacial score (nSPS) is 9.00. The average Bonchev–Trinajstić information content (AvgIpc) is 2.37. The summed E-state index contributed by atoms with van der Waals surface area (Å²) in [5.41, 5.74) is 0.516. The molecule has 3 nitrogen and oxygen atoms in total. The molecule has 0 N–H and O–H groups in total. The fraction of sp³-hybridized carbons (Fsp3) is 0.200. The van der Waals surface area contributed by atoms with Gasteiger partial charge in [-0.3, -0.25) is 0 Å². The molecule has 48 valence electrons. The van der Waals surface area contributed by atoms with Gasteiger partial charge in [0.25, 0.3) is 0 Å². The smallest absolute Gasteiger partial charge is 0.340 e. The van der Waals surface area contributed by atoms with Crippen LogP contribution in [0.1, 0.15) is 10.4 Å². The second-order valence-corrected chi connectivity index (χ2v) is 2.06. The van der Waals surface area contributed by atoms with Gasteiger partial charge in [-0.05, 0) is 11.5 Å². The maximum Gasteiger partial charge on any atom is 0.340 e. The van der Waals surface area contributed by atoms with Gasteiger partial charge >= 0.3 is 5.97 Å². The van der Waals surface area contributed by atoms with Crippen LogP contribution in [-0.2, 0) is 4.74 Å². The van der Waals surface area contributed by atoms with Crippen molar-refractivity contribution in [1.29, 1.82) is 0 Å². The van der Waals surface area contributed by atoms with Gasteiger partial charge in [0.1, 0.15) is 0 Å². The van der Waals surface area contributed by atoms with Gasteiger partial charge in [-0.15, -0.1) is 0 Å². The summed E-state index contributed by atoms with van der Waals surface area (Å²) < 4.78 is 8.15. The highest BCUT2D eigenvalue weighted by molar-refractivity contribution is 7.03. The number of ether oxygens (including phenoxy) is 1. The van der Waals surface area contributed by atoms with Crippen LogP contribution in [0, 0.1) is 0 Å². The van der Waals surface area contributed by atoms with Crippen LogP contribution < -0.4 is 0 Å². The zero-order valence-corrected chi connectivity index (χ0v) is 5.64. The van der Waals surface area contributed by atoms with E-state index in [4.69, 9.17) is 0 Å². The van der Waals surface area contributed by atoms with E-state index in [0.29, 0.717) is 5.56 Å². The number of rotatable bonds is 1. The molecule has 0 saturated heterocycles. The van der Waals surface area contributed by atoms with E-state index < -0.39 is 0 Å². The third-order valence-electron chi connectivity index (χ3n) is 0.853. The summed E-state index contributed by atoms with van der Waals surface area (Å²) >= 11 is 1.23. The molecule has 0 bridgehead atoms. The summed E-state index contributed by atoms with van der Waals surface area (Å²) in [6.07, 6.45) is 1.48. The van der Waals surface area contributed by atoms with Crippen LogP contribution in [0.4, 0.5) is 0 Å². The number of hydrogen-bond donors (Lipinski definition) is 0. The minimum absolute atomic E-state index is 0.330. The molecule has 0 radical (unpaired) electrons. The van der Waals surface area contributed by atoms with Crippen LogP contribution in [-0.4, -0.2) is 17.5 Å². The second-order valence-electron chi connectivity index (χ2n) is 1.40. The molecule has 0 saturated carbocycles. The van der Waals surface area contributed by atoms with E-state index in [1.54, 1.807) is 5.38 Å². The first-order chi connectivity index (χ1) is 4.34. The molecule has 0 unspecified atom stereocenters. The molecule has 0 aliphatic heterocycles. The molecule has 1 rings (SSSR count). The number of carbonyl (C=O) groups excluding carboxylic acids is 1. The van der Waals surface area contributed by atoms with Gasteiger partial charge in [0.2, 0.25) is 0 Å². The Morgan fingerprint density at radius 2 is 2.67 bits per heavy atom. The molecule has 0 fully saturated rings. The van der Waals surface area contributed by atoms with Crippen LogP contribution in [0.5, 0.6) is 0 Å². The molecule has 0 spiro atoms. The monoisotopic (exact) mass is 143 g/mol. The molecule has 4 heteroatoms. The van der Waals surface area contributed by atoms with E-state index in [0.717, 1.165) is 0 Å². The van der Waals surface area contributed by atoms with Crippen LogP contribution in [0.25, 0.3) is 0 Å². The van der Waals surface area contributed by atoms with Crippen molar-refractivity contribution in [3.8, 4) is 0 Å². The van der Waals surface area contributed by atoms with E-state index in [2.05, 4.69) is 9.11 Å². The number of esters is 1. The molecule has 0 amide bonds. The third-order valence-corrected chi connectivity index (χ3v) is 1.44. The van der Waals surface area contributed by atoms with Crippen molar-refractivity contribution in [3.05, 3.63) is 17.1 Å². The van der Waals surface area contributed by atoms with Crippen LogP contribution in [0.2, 0.25) is 0 Å². The summed E-state index contributed by atoms with van der Waals surface area (Å²) in [5.74, 6) is -0.330. The fourth-order valence-electron chi connectivity index (χ4n) is 0.424. The molecular formula is C5H5NO2S. The standard InChI is InChI=1S/C5H5NO2S/c1-8-5(7)4-2-6-9-3-4/h2-3H,1H3. The zero-order chi connectivity index (χ0) is 6.69. The number of methoxy groups -OCH3 is 1. The lowest BCUT2D eigenvalue weighted by atomic mass is 10.4. The predicted octanol–water partition coefficient (Wildman–Crippen LogP) is 0.930. The maximum absolute atomic E-state index is 10.6. The molecular weight excluding hydrogens is 138 g/mol. The Morgan fingerprint density at radius 3 is 3.11 bits per heavy atom. The minimum Gasteiger partial charge on any atom is -0.465 e. The van der Waals surface area contributed by atoms with Crippen molar-refractivity contribution >= 4 is 17.5 Å². The third kappa shape index (κ3) is 1.26. The van der Waals surface area contributed by atoms with Crippen molar-refractivity contribution in [1.82, 2.24) is 4.37 Å². The first-order valence-corrected chi connectivity index (χ1v) is 3.16. The van der Waals surface area contributed by atoms with Gasteiger partial charge in [0.05, 0.1) is 18.9 Å². The molecule has 0 aliphatic carbocycles. The predicted molar refractivity (Wildman–Crippen MR) is 33.5 cm³/mol. The highest BCUT2D eigenvalue weighted by atomic mass is 32.1. The van der Waals surface area contributed by atoms with Crippen molar-refractivity contribution < 1.29 is 9.53 Å². The largest absolute Gasteiger partial charge is 0.465 e. The van der Waals surface area contributed by atoms with E-state index in [1.165, 1.54) is 24.8 Å². The lowest BCUT2D eigenvalue weighted by Gasteiger charge is -1.89. The van der Waals surface area contributed by atoms with Crippen molar-refractivity contribution in [2.24, 2.45) is 0 Å². The van der Waals surface area contributed by atoms with Gasteiger partial charge < -0.3 is 4.74 Å². The number of hydrogen-bond acceptors (Lipinski definition) is 4. The molecule has 1 aromatic rings. The molecule has 0 aliphatic rings. The second kappa shape index (κ2) is 2.59. The van der Waals surface area contributed by atoms with Crippen molar-refractivity contribution in [2.75, 3.05) is 7.11 Å². The van der Waals surface area contributed by atoms with Crippen LogP contribution in [0.15, 0.2) is 11.6 Å². The number of aromatic nitrogens is 1. The summed E-state index contributed by atoms with van der Waals surface area (Å²) in [6, 6.07) is 0. The molecule has 1 heterocycles. The van der Waals surface area contributed by atoms with E-state index in [1.807, 2.05) is 0 Å². The van der Waals surface area contributed by atoms with Crippen LogP contribution in [0.3, 0.4) is 0 Å². The Balaban J connectivity index is 2.77. The fourth-order valence-corrected chi connectivity index (χ4v) is 0.929. The van der Waals surface area contributed by atoms with E-state index in [-0.39, 0.29) is 5.97 Å². The maximum atomic E-state index is 10.6. The summed E-state index contributed by atoms with van der Waals surface area (Å²) in [7, 11) is 1.35. The van der Waals surface area contributed by atoms with Gasteiger partial charge in [-0.1, -0.05) is 0 Å². The SMILES string of the molecule is COC(=O)c1cnsc1. The van der Waals surface area contributed by atoms with Gasteiger partial charge in [0.15, 0.2) is 0 Å². The number of carbonyl (C=O) groups is 1. The van der Waals surface area contributed by atoms with Crippen molar-refractivity contribution in [3.63, 3.8) is 0 Å². The molecule has 0 aromatic carbocycles. The van der Waals surface area contributed by atoms with Gasteiger partial charge in [-0.25, -0.2) is 9.17 Å². The highest BCUT2D eigenvalue weighted by Crippen LogP contribution is 2.01. The van der Waals surface area contributed by atoms with Gasteiger partial charge in [-0.2, -0.15) is 0 Å². The summed E-state index contributed by atoms with van der Waals surface area (Å²) in [6.45, 7) is 0. The zero-order valence-electron chi connectivity index (χ0n) is 4.83. The summed E-state index contributed by atoms with van der Waals surface area (Å²) in [5, 5.41) is 1.64. The topological polar surface area (TPSA) is 39.2 Å². The Labute approximate surface area is 56.4 Å². The summed E-state index contributed by atoms with van der Waals surface area (Å²) in [4.78, 5) is 10.6. The average molecular weight is 143 g/mol. The highest BCUT2D eigenvalue weighted by Gasteiger charge is 2.03. The Hall–Kier alpha value is -0.900. The van der Waals surface area contributed by atoms with E-state index in [9.17, 15) is 4.79 Å². The Kier molecular flexibility index (Phi) is 1.79. The first-order valence-electron chi connectivity index (χ1n) is 2.32. The molecule has 0 atom stereocenters. The van der Waals surface area contributed by atoms with E-state index >= 15 is 0 Å². The number of nitrogens with zero attached hydrogens (tertiary/aromatic N) is 1. The van der Waals surface area contributed by atoms with Crippen molar-refractivity contribution in [2.45, 2.75) is 0 Å².